The summed E-state index contributed by atoms with van der Waals surface area (Å²) >= 11 is 0. The summed E-state index contributed by atoms with van der Waals surface area (Å²) < 4.78 is 36.5. The monoisotopic (exact) mass is 212 g/mol. The van der Waals surface area contributed by atoms with Gasteiger partial charge >= 0.3 is 11.9 Å². The number of halogens is 3. The van der Waals surface area contributed by atoms with Gasteiger partial charge in [0.05, 0.1) is 0 Å². The number of rotatable bonds is 0. The Morgan fingerprint density at radius 2 is 1.93 bits per heavy atom. The van der Waals surface area contributed by atoms with Crippen molar-refractivity contribution in [3.8, 4) is 0 Å². The lowest BCUT2D eigenvalue weighted by molar-refractivity contribution is -0.264. The van der Waals surface area contributed by atoms with Crippen LogP contribution in [0.3, 0.4) is 0 Å². The molecule has 2 atom stereocenters. The number of hydrogen-bond donors (Lipinski definition) is 3. The zero-order valence-electron chi connectivity index (χ0n) is 6.97. The molecule has 0 saturated carbocycles. The second-order valence-corrected chi connectivity index (χ2v) is 2.89. The molecule has 14 heavy (non-hydrogen) atoms. The first-order valence-corrected chi connectivity index (χ1v) is 3.60. The van der Waals surface area contributed by atoms with Gasteiger partial charge in [0, 0.05) is 0 Å². The molecule has 0 aliphatic carbocycles. The third kappa shape index (κ3) is 1.41. The van der Waals surface area contributed by atoms with E-state index in [2.05, 4.69) is 0 Å². The minimum Gasteiger partial charge on any atom is -0.356 e. The molecule has 1 aliphatic heterocycles. The van der Waals surface area contributed by atoms with E-state index in [1.807, 2.05) is 0 Å². The summed E-state index contributed by atoms with van der Waals surface area (Å²) in [5.74, 6) is -2.78. The molecule has 0 aromatic rings. The highest BCUT2D eigenvalue weighted by atomic mass is 19.4. The molecule has 1 saturated heterocycles. The predicted octanol–water partition coefficient (Wildman–Crippen LogP) is -1.13. The molecule has 3 N–H and O–H groups in total. The van der Waals surface area contributed by atoms with Crippen LogP contribution >= 0.6 is 0 Å². The van der Waals surface area contributed by atoms with Crippen LogP contribution in [0.15, 0.2) is 0 Å². The minimum absolute atomic E-state index is 1.09. The molecule has 0 aromatic heterocycles. The van der Waals surface area contributed by atoms with E-state index < -0.39 is 29.8 Å². The summed E-state index contributed by atoms with van der Waals surface area (Å²) in [5.41, 5.74) is -3.82. The summed E-state index contributed by atoms with van der Waals surface area (Å²) in [4.78, 5) is 21.6. The third-order valence-corrected chi connectivity index (χ3v) is 1.78. The summed E-state index contributed by atoms with van der Waals surface area (Å²) in [5, 5.41) is 11.8. The van der Waals surface area contributed by atoms with Gasteiger partial charge in [0.25, 0.3) is 5.91 Å². The van der Waals surface area contributed by atoms with Crippen LogP contribution in [0.25, 0.3) is 0 Å². The van der Waals surface area contributed by atoms with Gasteiger partial charge < -0.3 is 15.7 Å². The van der Waals surface area contributed by atoms with Crippen molar-refractivity contribution in [3.05, 3.63) is 0 Å². The van der Waals surface area contributed by atoms with Crippen molar-refractivity contribution in [3.63, 3.8) is 0 Å². The smallest absolute Gasteiger partial charge is 0.356 e. The Bertz CT molecular complexity index is 291. The molecule has 2 amide bonds. The van der Waals surface area contributed by atoms with E-state index in [1.54, 1.807) is 5.32 Å². The molecule has 1 fully saturated rings. The Kier molecular flexibility index (Phi) is 2.18. The Morgan fingerprint density at radius 3 is 2.36 bits per heavy atom. The average Bonchev–Trinajstić information content (AvgIpc) is 1.99. The van der Waals surface area contributed by atoms with Gasteiger partial charge in [-0.15, -0.1) is 0 Å². The number of amides is 2. The summed E-state index contributed by atoms with van der Waals surface area (Å²) in [7, 11) is 0. The van der Waals surface area contributed by atoms with Crippen molar-refractivity contribution in [2.75, 3.05) is 0 Å². The zero-order valence-corrected chi connectivity index (χ0v) is 6.97. The predicted molar refractivity (Wildman–Crippen MR) is 36.8 cm³/mol. The van der Waals surface area contributed by atoms with E-state index in [0.29, 0.717) is 0 Å². The number of piperazine rings is 1. The Morgan fingerprint density at radius 1 is 1.43 bits per heavy atom. The van der Waals surface area contributed by atoms with Crippen LogP contribution in [0.1, 0.15) is 6.92 Å². The number of aliphatic hydroxyl groups is 1. The molecule has 5 nitrogen and oxygen atoms in total. The maximum Gasteiger partial charge on any atom is 0.446 e. The van der Waals surface area contributed by atoms with Gasteiger partial charge in [-0.05, 0) is 6.92 Å². The van der Waals surface area contributed by atoms with Gasteiger partial charge in [-0.1, -0.05) is 0 Å². The SMILES string of the molecule is C[C@@H]1NC(=O)C(O)(C(F)(F)F)NC1=O. The number of carbonyl (C=O) groups is 2. The van der Waals surface area contributed by atoms with Crippen LogP contribution in [0, 0.1) is 0 Å². The lowest BCUT2D eigenvalue weighted by atomic mass is 10.1. The fraction of sp³-hybridized carbons (Fsp3) is 0.667. The van der Waals surface area contributed by atoms with Crippen molar-refractivity contribution in [1.82, 2.24) is 10.6 Å². The highest BCUT2D eigenvalue weighted by Gasteiger charge is 2.63. The first kappa shape index (κ1) is 10.8. The van der Waals surface area contributed by atoms with Crippen molar-refractivity contribution in [1.29, 1.82) is 0 Å². The van der Waals surface area contributed by atoms with Crippen LogP contribution in [0.5, 0.6) is 0 Å². The van der Waals surface area contributed by atoms with Gasteiger partial charge in [-0.3, -0.25) is 9.59 Å². The maximum absolute atomic E-state index is 12.2. The van der Waals surface area contributed by atoms with E-state index in [-0.39, 0.29) is 0 Å². The molecular formula is C6H7F3N2O3. The van der Waals surface area contributed by atoms with Crippen molar-refractivity contribution in [2.45, 2.75) is 24.9 Å². The molecular weight excluding hydrogens is 205 g/mol. The van der Waals surface area contributed by atoms with E-state index in [9.17, 15) is 22.8 Å². The molecule has 1 unspecified atom stereocenters. The Balaban J connectivity index is 3.01. The van der Waals surface area contributed by atoms with Crippen molar-refractivity contribution >= 4 is 11.8 Å². The molecule has 0 bridgehead atoms. The molecule has 8 heteroatoms. The first-order valence-electron chi connectivity index (χ1n) is 3.60. The van der Waals surface area contributed by atoms with Crippen LogP contribution in [-0.4, -0.2) is 34.9 Å². The molecule has 0 aromatic carbocycles. The fourth-order valence-electron chi connectivity index (χ4n) is 0.910. The van der Waals surface area contributed by atoms with E-state index >= 15 is 0 Å². The molecule has 1 rings (SSSR count). The van der Waals surface area contributed by atoms with Gasteiger partial charge in [-0.25, -0.2) is 0 Å². The molecule has 1 heterocycles. The van der Waals surface area contributed by atoms with Gasteiger partial charge in [0.15, 0.2) is 0 Å². The maximum atomic E-state index is 12.2. The lowest BCUT2D eigenvalue weighted by Crippen LogP contribution is -2.74. The van der Waals surface area contributed by atoms with Crippen LogP contribution in [-0.2, 0) is 9.59 Å². The molecule has 0 spiro atoms. The summed E-state index contributed by atoms with van der Waals surface area (Å²) in [6, 6.07) is -1.09. The van der Waals surface area contributed by atoms with Gasteiger partial charge in [0.2, 0.25) is 5.91 Å². The number of carbonyl (C=O) groups excluding carboxylic acids is 2. The van der Waals surface area contributed by atoms with Crippen molar-refractivity contribution in [2.24, 2.45) is 0 Å². The Labute approximate surface area is 76.3 Å². The standard InChI is InChI=1S/C6H7F3N2O3/c1-2-3(12)11-5(14,4(13)10-2)6(7,8)9/h2,14H,1H3,(H,10,13)(H,11,12)/t2-,5?/m0/s1. The quantitative estimate of drug-likeness (QED) is 0.475. The second kappa shape index (κ2) is 2.84. The number of alkyl halides is 3. The largest absolute Gasteiger partial charge is 0.446 e. The summed E-state index contributed by atoms with van der Waals surface area (Å²) in [6.07, 6.45) is -5.24. The molecule has 0 radical (unpaired) electrons. The highest BCUT2D eigenvalue weighted by molar-refractivity contribution is 5.98. The molecule has 1 aliphatic rings. The summed E-state index contributed by atoms with van der Waals surface area (Å²) in [6.45, 7) is 1.20. The van der Waals surface area contributed by atoms with E-state index in [1.165, 1.54) is 12.2 Å². The second-order valence-electron chi connectivity index (χ2n) is 2.89. The van der Waals surface area contributed by atoms with Crippen LogP contribution in [0.2, 0.25) is 0 Å². The Hall–Kier alpha value is -1.31. The van der Waals surface area contributed by atoms with Gasteiger partial charge in [0.1, 0.15) is 6.04 Å². The minimum atomic E-state index is -5.24. The normalized spacial score (nSPS) is 33.6. The number of hydrogen-bond acceptors (Lipinski definition) is 3. The first-order chi connectivity index (χ1) is 6.18. The average molecular weight is 212 g/mol. The van der Waals surface area contributed by atoms with Crippen molar-refractivity contribution < 1.29 is 27.9 Å². The van der Waals surface area contributed by atoms with E-state index in [4.69, 9.17) is 5.11 Å². The molecule has 80 valence electrons. The topological polar surface area (TPSA) is 78.4 Å². The zero-order chi connectivity index (χ0) is 11.1. The number of nitrogens with one attached hydrogen (secondary N) is 2. The lowest BCUT2D eigenvalue weighted by Gasteiger charge is -2.35. The fourth-order valence-corrected chi connectivity index (χ4v) is 0.910. The van der Waals surface area contributed by atoms with Crippen LogP contribution < -0.4 is 10.6 Å². The van der Waals surface area contributed by atoms with Gasteiger partial charge in [-0.2, -0.15) is 13.2 Å². The van der Waals surface area contributed by atoms with Crippen LogP contribution in [0.4, 0.5) is 13.2 Å². The highest BCUT2D eigenvalue weighted by Crippen LogP contribution is 2.29. The third-order valence-electron chi connectivity index (χ3n) is 1.78. The van der Waals surface area contributed by atoms with E-state index in [0.717, 1.165) is 0 Å².